The highest BCUT2D eigenvalue weighted by atomic mass is 32.1. The Morgan fingerprint density at radius 2 is 2.33 bits per heavy atom. The maximum atomic E-state index is 12.5. The second-order valence-electron chi connectivity index (χ2n) is 5.70. The number of piperidine rings is 1. The number of hydrogen-bond donors (Lipinski definition) is 0. The van der Waals surface area contributed by atoms with Crippen LogP contribution >= 0.6 is 11.3 Å². The molecule has 3 rings (SSSR count). The lowest BCUT2D eigenvalue weighted by Crippen LogP contribution is -2.46. The zero-order valence-corrected chi connectivity index (χ0v) is 13.0. The minimum absolute atomic E-state index is 0.0295. The van der Waals surface area contributed by atoms with E-state index in [0.29, 0.717) is 32.2 Å². The average molecular weight is 308 g/mol. The number of carbonyl (C=O) groups excluding carboxylic acids is 2. The van der Waals surface area contributed by atoms with Gasteiger partial charge in [-0.3, -0.25) is 9.59 Å². The van der Waals surface area contributed by atoms with Gasteiger partial charge in [-0.15, -0.1) is 0 Å². The summed E-state index contributed by atoms with van der Waals surface area (Å²) >= 11 is 1.53. The molecular formula is C15H20N2O3S. The molecule has 0 aliphatic carbocycles. The van der Waals surface area contributed by atoms with Gasteiger partial charge in [0.15, 0.2) is 0 Å². The number of carbonyl (C=O) groups is 2. The van der Waals surface area contributed by atoms with Crippen molar-refractivity contribution >= 4 is 23.2 Å². The predicted octanol–water partition coefficient (Wildman–Crippen LogP) is 1.31. The fourth-order valence-electron chi connectivity index (χ4n) is 3.27. The Hall–Kier alpha value is -1.40. The summed E-state index contributed by atoms with van der Waals surface area (Å²) in [7, 11) is 1.65. The van der Waals surface area contributed by atoms with Crippen molar-refractivity contribution in [2.75, 3.05) is 39.9 Å². The maximum absolute atomic E-state index is 12.5. The molecule has 2 aliphatic rings. The van der Waals surface area contributed by atoms with E-state index >= 15 is 0 Å². The minimum atomic E-state index is -0.0295. The smallest absolute Gasteiger partial charge is 0.254 e. The molecule has 0 bridgehead atoms. The molecule has 2 aliphatic heterocycles. The molecule has 0 radical (unpaired) electrons. The molecule has 0 unspecified atom stereocenters. The van der Waals surface area contributed by atoms with Crippen LogP contribution in [0.5, 0.6) is 0 Å². The molecule has 1 aromatic rings. The molecule has 0 N–H and O–H groups in total. The average Bonchev–Trinajstić information content (AvgIpc) is 3.15. The van der Waals surface area contributed by atoms with Gasteiger partial charge in [0, 0.05) is 38.7 Å². The fourth-order valence-corrected chi connectivity index (χ4v) is 3.90. The van der Waals surface area contributed by atoms with Gasteiger partial charge in [-0.05, 0) is 23.8 Å². The van der Waals surface area contributed by atoms with Crippen LogP contribution < -0.4 is 0 Å². The van der Waals surface area contributed by atoms with Gasteiger partial charge in [0.2, 0.25) is 5.91 Å². The number of thiophene rings is 1. The molecule has 3 heterocycles. The molecule has 0 spiro atoms. The molecular weight excluding hydrogens is 288 g/mol. The van der Waals surface area contributed by atoms with Crippen LogP contribution in [0, 0.1) is 11.8 Å². The third kappa shape index (κ3) is 2.82. The van der Waals surface area contributed by atoms with E-state index in [2.05, 4.69) is 0 Å². The molecule has 2 amide bonds. The second kappa shape index (κ2) is 6.15. The molecule has 0 aromatic carbocycles. The van der Waals surface area contributed by atoms with Crippen LogP contribution in [0.2, 0.25) is 0 Å². The molecule has 0 saturated carbocycles. The van der Waals surface area contributed by atoms with Crippen LogP contribution in [0.25, 0.3) is 0 Å². The van der Waals surface area contributed by atoms with Gasteiger partial charge in [-0.2, -0.15) is 11.3 Å². The zero-order valence-electron chi connectivity index (χ0n) is 12.2. The van der Waals surface area contributed by atoms with E-state index in [1.165, 1.54) is 11.3 Å². The standard InChI is InChI=1S/C15H20N2O3S/c1-20-6-5-16-4-2-11-8-17(9-13(11)15(16)19)14(18)12-3-7-21-10-12/h3,7,10-11,13H,2,4-6,8-9H2,1H3/t11-,13+/m0/s1. The summed E-state index contributed by atoms with van der Waals surface area (Å²) < 4.78 is 5.06. The van der Waals surface area contributed by atoms with Crippen molar-refractivity contribution in [3.63, 3.8) is 0 Å². The lowest BCUT2D eigenvalue weighted by molar-refractivity contribution is -0.140. The van der Waals surface area contributed by atoms with E-state index in [-0.39, 0.29) is 17.7 Å². The topological polar surface area (TPSA) is 49.9 Å². The van der Waals surface area contributed by atoms with Crippen LogP contribution in [0.1, 0.15) is 16.8 Å². The Labute approximate surface area is 128 Å². The first-order chi connectivity index (χ1) is 10.2. The van der Waals surface area contributed by atoms with Crippen LogP contribution in [0.3, 0.4) is 0 Å². The first-order valence-corrected chi connectivity index (χ1v) is 8.24. The predicted molar refractivity (Wildman–Crippen MR) is 80.3 cm³/mol. The van der Waals surface area contributed by atoms with Crippen LogP contribution in [-0.4, -0.2) is 61.5 Å². The number of methoxy groups -OCH3 is 1. The SMILES string of the molecule is COCCN1CC[C@H]2CN(C(=O)c3ccsc3)C[C@H]2C1=O. The monoisotopic (exact) mass is 308 g/mol. The van der Waals surface area contributed by atoms with Crippen LogP contribution in [0.15, 0.2) is 16.8 Å². The summed E-state index contributed by atoms with van der Waals surface area (Å²) in [5, 5.41) is 3.78. The Morgan fingerprint density at radius 3 is 3.05 bits per heavy atom. The third-order valence-electron chi connectivity index (χ3n) is 4.46. The van der Waals surface area contributed by atoms with Gasteiger partial charge in [0.05, 0.1) is 18.1 Å². The van der Waals surface area contributed by atoms with Crippen molar-refractivity contribution in [2.24, 2.45) is 11.8 Å². The molecule has 114 valence electrons. The van der Waals surface area contributed by atoms with E-state index < -0.39 is 0 Å². The quantitative estimate of drug-likeness (QED) is 0.843. The largest absolute Gasteiger partial charge is 0.383 e. The number of fused-ring (bicyclic) bond motifs is 1. The minimum Gasteiger partial charge on any atom is -0.383 e. The van der Waals surface area contributed by atoms with E-state index in [9.17, 15) is 9.59 Å². The highest BCUT2D eigenvalue weighted by Crippen LogP contribution is 2.33. The van der Waals surface area contributed by atoms with Crippen molar-refractivity contribution in [3.05, 3.63) is 22.4 Å². The zero-order chi connectivity index (χ0) is 14.8. The summed E-state index contributed by atoms with van der Waals surface area (Å²) in [4.78, 5) is 28.6. The fraction of sp³-hybridized carbons (Fsp3) is 0.600. The second-order valence-corrected chi connectivity index (χ2v) is 6.48. The molecule has 6 heteroatoms. The first-order valence-electron chi connectivity index (χ1n) is 7.30. The van der Waals surface area contributed by atoms with Crippen molar-refractivity contribution in [1.82, 2.24) is 9.80 Å². The highest BCUT2D eigenvalue weighted by molar-refractivity contribution is 7.08. The van der Waals surface area contributed by atoms with E-state index in [1.807, 2.05) is 26.6 Å². The summed E-state index contributed by atoms with van der Waals surface area (Å²) in [5.41, 5.74) is 0.738. The normalized spacial score (nSPS) is 25.3. The van der Waals surface area contributed by atoms with E-state index in [1.54, 1.807) is 7.11 Å². The van der Waals surface area contributed by atoms with Gasteiger partial charge in [-0.1, -0.05) is 0 Å². The lowest BCUT2D eigenvalue weighted by Gasteiger charge is -2.33. The number of rotatable bonds is 4. The maximum Gasteiger partial charge on any atom is 0.254 e. The Balaban J connectivity index is 1.65. The summed E-state index contributed by atoms with van der Waals surface area (Å²) in [5.74, 6) is 0.530. The molecule has 5 nitrogen and oxygen atoms in total. The Bertz CT molecular complexity index is 517. The van der Waals surface area contributed by atoms with Gasteiger partial charge < -0.3 is 14.5 Å². The molecule has 2 saturated heterocycles. The summed E-state index contributed by atoms with van der Waals surface area (Å²) in [6.45, 7) is 3.27. The lowest BCUT2D eigenvalue weighted by atomic mass is 9.88. The molecule has 1 aromatic heterocycles. The Kier molecular flexibility index (Phi) is 4.26. The van der Waals surface area contributed by atoms with Crippen molar-refractivity contribution in [2.45, 2.75) is 6.42 Å². The molecule has 21 heavy (non-hydrogen) atoms. The Morgan fingerprint density at radius 1 is 1.48 bits per heavy atom. The van der Waals surface area contributed by atoms with Gasteiger partial charge in [0.1, 0.15) is 0 Å². The van der Waals surface area contributed by atoms with Crippen molar-refractivity contribution < 1.29 is 14.3 Å². The first kappa shape index (κ1) is 14.5. The van der Waals surface area contributed by atoms with E-state index in [4.69, 9.17) is 4.74 Å². The van der Waals surface area contributed by atoms with Gasteiger partial charge in [0.25, 0.3) is 5.91 Å². The molecule has 2 fully saturated rings. The summed E-state index contributed by atoms with van der Waals surface area (Å²) in [6, 6.07) is 1.85. The number of likely N-dealkylation sites (tertiary alicyclic amines) is 2. The third-order valence-corrected chi connectivity index (χ3v) is 5.14. The number of hydrogen-bond acceptors (Lipinski definition) is 4. The van der Waals surface area contributed by atoms with E-state index in [0.717, 1.165) is 18.5 Å². The molecule has 2 atom stereocenters. The summed E-state index contributed by atoms with van der Waals surface area (Å²) in [6.07, 6.45) is 0.980. The van der Waals surface area contributed by atoms with Gasteiger partial charge in [-0.25, -0.2) is 0 Å². The van der Waals surface area contributed by atoms with Crippen molar-refractivity contribution in [3.8, 4) is 0 Å². The number of amides is 2. The van der Waals surface area contributed by atoms with Crippen LogP contribution in [-0.2, 0) is 9.53 Å². The highest BCUT2D eigenvalue weighted by Gasteiger charge is 2.44. The van der Waals surface area contributed by atoms with Gasteiger partial charge >= 0.3 is 0 Å². The van der Waals surface area contributed by atoms with Crippen LogP contribution in [0.4, 0.5) is 0 Å². The van der Waals surface area contributed by atoms with Crippen molar-refractivity contribution in [1.29, 1.82) is 0 Å². The number of nitrogens with zero attached hydrogens (tertiary/aromatic N) is 2. The number of ether oxygens (including phenoxy) is 1.